The number of anilines is 1. The van der Waals surface area contributed by atoms with Crippen LogP contribution in [0.5, 0.6) is 0 Å². The van der Waals surface area contributed by atoms with Gasteiger partial charge in [0.15, 0.2) is 0 Å². The molecule has 5 rings (SSSR count). The van der Waals surface area contributed by atoms with Crippen LogP contribution in [0.2, 0.25) is 0 Å². The molecule has 2 amide bonds. The molecule has 4 atom stereocenters. The summed E-state index contributed by atoms with van der Waals surface area (Å²) >= 11 is 0. The van der Waals surface area contributed by atoms with Gasteiger partial charge in [-0.15, -0.1) is 0 Å². The van der Waals surface area contributed by atoms with E-state index in [0.717, 1.165) is 82.3 Å². The highest BCUT2D eigenvalue weighted by atomic mass is 19.1. The number of nitrogens with zero attached hydrogens (tertiary/aromatic N) is 2. The largest absolute Gasteiger partial charge is 0.370 e. The molecule has 2 saturated carbocycles. The highest BCUT2D eigenvalue weighted by Gasteiger charge is 2.51. The molecule has 2 heterocycles. The Morgan fingerprint density at radius 2 is 1.86 bits per heavy atom. The van der Waals surface area contributed by atoms with E-state index in [2.05, 4.69) is 22.5 Å². The number of benzene rings is 1. The van der Waals surface area contributed by atoms with Crippen LogP contribution < -0.4 is 10.6 Å². The number of piperazine rings is 1. The van der Waals surface area contributed by atoms with Gasteiger partial charge in [0.1, 0.15) is 11.4 Å². The van der Waals surface area contributed by atoms with E-state index >= 15 is 0 Å². The van der Waals surface area contributed by atoms with Gasteiger partial charge >= 0.3 is 0 Å². The van der Waals surface area contributed by atoms with Crippen molar-refractivity contribution in [2.45, 2.75) is 109 Å². The number of hydrogen-bond acceptors (Lipinski definition) is 4. The zero-order chi connectivity index (χ0) is 25.4. The van der Waals surface area contributed by atoms with Crippen molar-refractivity contribution in [3.05, 3.63) is 29.1 Å². The predicted molar refractivity (Wildman–Crippen MR) is 140 cm³/mol. The molecule has 1 aromatic rings. The number of halogens is 1. The van der Waals surface area contributed by atoms with Crippen molar-refractivity contribution >= 4 is 17.5 Å². The molecule has 2 N–H and O–H groups in total. The van der Waals surface area contributed by atoms with E-state index < -0.39 is 5.54 Å². The Labute approximate surface area is 215 Å². The highest BCUT2D eigenvalue weighted by Crippen LogP contribution is 2.45. The van der Waals surface area contributed by atoms with Crippen LogP contribution in [-0.4, -0.2) is 64.9 Å². The topological polar surface area (TPSA) is 64.7 Å². The van der Waals surface area contributed by atoms with E-state index in [9.17, 15) is 14.0 Å². The maximum atomic E-state index is 14.9. The van der Waals surface area contributed by atoms with Crippen molar-refractivity contribution in [2.75, 3.05) is 25.0 Å². The Morgan fingerprint density at radius 1 is 1.08 bits per heavy atom. The Bertz CT molecular complexity index is 961. The molecule has 3 fully saturated rings. The summed E-state index contributed by atoms with van der Waals surface area (Å²) < 4.78 is 14.9. The van der Waals surface area contributed by atoms with Crippen molar-refractivity contribution in [2.24, 2.45) is 5.92 Å². The molecule has 2 aliphatic heterocycles. The second-order valence-electron chi connectivity index (χ2n) is 11.9. The van der Waals surface area contributed by atoms with E-state index in [4.69, 9.17) is 0 Å². The van der Waals surface area contributed by atoms with Crippen molar-refractivity contribution in [3.8, 4) is 0 Å². The average molecular weight is 499 g/mol. The lowest BCUT2D eigenvalue weighted by atomic mass is 9.72. The fraction of sp³-hybridized carbons (Fsp3) is 0.724. The summed E-state index contributed by atoms with van der Waals surface area (Å²) in [7, 11) is 0. The molecule has 0 spiro atoms. The minimum absolute atomic E-state index is 0.0600. The fourth-order valence-corrected chi connectivity index (χ4v) is 7.52. The molecule has 4 aliphatic rings. The first-order valence-corrected chi connectivity index (χ1v) is 14.2. The molecule has 0 aromatic heterocycles. The van der Waals surface area contributed by atoms with Crippen molar-refractivity contribution in [1.82, 2.24) is 15.1 Å². The summed E-state index contributed by atoms with van der Waals surface area (Å²) in [5.41, 5.74) is 1.75. The molecule has 2 unspecified atom stereocenters. The SMILES string of the molecule is CC(=O)N1CCN([C@H]2CCC[C@@H](NC(=O)C3(C4CCCCC4)Cc4c(F)ccc(C)c4N3)C2)CC1C. The smallest absolute Gasteiger partial charge is 0.246 e. The number of amides is 2. The Kier molecular flexibility index (Phi) is 7.30. The molecular weight excluding hydrogens is 455 g/mol. The van der Waals surface area contributed by atoms with Crippen LogP contribution in [-0.2, 0) is 16.0 Å². The van der Waals surface area contributed by atoms with Crippen LogP contribution >= 0.6 is 0 Å². The van der Waals surface area contributed by atoms with Crippen molar-refractivity contribution in [1.29, 1.82) is 0 Å². The summed E-state index contributed by atoms with van der Waals surface area (Å²) in [4.78, 5) is 30.5. The van der Waals surface area contributed by atoms with Gasteiger partial charge in [-0.1, -0.05) is 25.3 Å². The van der Waals surface area contributed by atoms with Crippen LogP contribution in [0.1, 0.15) is 82.8 Å². The van der Waals surface area contributed by atoms with Gasteiger partial charge in [0.2, 0.25) is 11.8 Å². The molecule has 2 aliphatic carbocycles. The third-order valence-corrected chi connectivity index (χ3v) is 9.54. The van der Waals surface area contributed by atoms with E-state index in [1.54, 1.807) is 13.0 Å². The van der Waals surface area contributed by atoms with Gasteiger partial charge in [0, 0.05) is 62.4 Å². The summed E-state index contributed by atoms with van der Waals surface area (Å²) in [6.45, 7) is 8.36. The van der Waals surface area contributed by atoms with Gasteiger partial charge in [0.05, 0.1) is 0 Å². The highest BCUT2D eigenvalue weighted by molar-refractivity contribution is 5.93. The van der Waals surface area contributed by atoms with Crippen LogP contribution in [0.15, 0.2) is 12.1 Å². The van der Waals surface area contributed by atoms with Crippen molar-refractivity contribution < 1.29 is 14.0 Å². The number of nitrogens with one attached hydrogen (secondary N) is 2. The standard InChI is InChI=1S/C29H43FN4O2/c1-19-12-13-26(30)25-17-29(32-27(19)25,22-8-5-4-6-9-22)28(36)31-23-10-7-11-24(16-23)33-14-15-34(21(3)35)20(2)18-33/h12-13,20,22-24,32H,4-11,14-18H2,1-3H3,(H,31,36)/t20?,23-,24+,29?/m1/s1. The summed E-state index contributed by atoms with van der Waals surface area (Å²) in [6.07, 6.45) is 10.1. The first-order valence-electron chi connectivity index (χ1n) is 14.2. The zero-order valence-electron chi connectivity index (χ0n) is 22.2. The maximum absolute atomic E-state index is 14.9. The second-order valence-corrected chi connectivity index (χ2v) is 11.9. The lowest BCUT2D eigenvalue weighted by Crippen LogP contribution is -2.61. The molecule has 198 valence electrons. The number of hydrogen-bond donors (Lipinski definition) is 2. The number of carbonyl (C=O) groups excluding carboxylic acids is 2. The van der Waals surface area contributed by atoms with Crippen LogP contribution in [0.4, 0.5) is 10.1 Å². The monoisotopic (exact) mass is 498 g/mol. The van der Waals surface area contributed by atoms with Crippen molar-refractivity contribution in [3.63, 3.8) is 0 Å². The third-order valence-electron chi connectivity index (χ3n) is 9.54. The summed E-state index contributed by atoms with van der Waals surface area (Å²) in [5, 5.41) is 7.08. The third kappa shape index (κ3) is 4.75. The quantitative estimate of drug-likeness (QED) is 0.646. The Balaban J connectivity index is 1.30. The van der Waals surface area contributed by atoms with Gasteiger partial charge in [-0.05, 0) is 69.9 Å². The van der Waals surface area contributed by atoms with Crippen LogP contribution in [0.25, 0.3) is 0 Å². The van der Waals surface area contributed by atoms with E-state index in [0.29, 0.717) is 18.0 Å². The van der Waals surface area contributed by atoms with Gasteiger partial charge < -0.3 is 15.5 Å². The van der Waals surface area contributed by atoms with Gasteiger partial charge in [-0.3, -0.25) is 14.5 Å². The summed E-state index contributed by atoms with van der Waals surface area (Å²) in [6, 6.07) is 4.15. The molecule has 1 aromatic carbocycles. The van der Waals surface area contributed by atoms with E-state index in [1.807, 2.05) is 17.9 Å². The fourth-order valence-electron chi connectivity index (χ4n) is 7.52. The molecule has 0 bridgehead atoms. The lowest BCUT2D eigenvalue weighted by Gasteiger charge is -2.46. The van der Waals surface area contributed by atoms with Crippen LogP contribution in [0.3, 0.4) is 0 Å². The number of fused-ring (bicyclic) bond motifs is 1. The molecule has 36 heavy (non-hydrogen) atoms. The van der Waals surface area contributed by atoms with E-state index in [-0.39, 0.29) is 35.6 Å². The lowest BCUT2D eigenvalue weighted by molar-refractivity contribution is -0.134. The van der Waals surface area contributed by atoms with E-state index in [1.165, 1.54) is 6.42 Å². The number of carbonyl (C=O) groups is 2. The predicted octanol–water partition coefficient (Wildman–Crippen LogP) is 4.40. The van der Waals surface area contributed by atoms with Crippen LogP contribution in [0, 0.1) is 18.7 Å². The molecule has 1 saturated heterocycles. The van der Waals surface area contributed by atoms with Gasteiger partial charge in [-0.2, -0.15) is 0 Å². The molecule has 7 heteroatoms. The number of aryl methyl sites for hydroxylation is 1. The zero-order valence-corrected chi connectivity index (χ0v) is 22.2. The molecule has 6 nitrogen and oxygen atoms in total. The van der Waals surface area contributed by atoms with Gasteiger partial charge in [0.25, 0.3) is 0 Å². The Hall–Kier alpha value is -2.15. The number of rotatable bonds is 4. The second kappa shape index (κ2) is 10.3. The first-order chi connectivity index (χ1) is 17.3. The minimum atomic E-state index is -0.760. The Morgan fingerprint density at radius 3 is 2.56 bits per heavy atom. The minimum Gasteiger partial charge on any atom is -0.370 e. The normalized spacial score (nSPS) is 31.6. The van der Waals surface area contributed by atoms with Gasteiger partial charge in [-0.25, -0.2) is 4.39 Å². The molecule has 0 radical (unpaired) electrons. The molecular formula is C29H43FN4O2. The summed E-state index contributed by atoms with van der Waals surface area (Å²) in [5.74, 6) is 0.230. The first kappa shape index (κ1) is 25.5. The maximum Gasteiger partial charge on any atom is 0.246 e. The average Bonchev–Trinajstić information content (AvgIpc) is 3.30.